The number of hydrogen-bond acceptors (Lipinski definition) is 6. The van der Waals surface area contributed by atoms with Gasteiger partial charge in [0.1, 0.15) is 6.04 Å². The second-order valence-electron chi connectivity index (χ2n) is 6.96. The summed E-state index contributed by atoms with van der Waals surface area (Å²) in [6, 6.07) is 16.4. The minimum absolute atomic E-state index is 0.0385. The average molecular weight is 409 g/mol. The van der Waals surface area contributed by atoms with Crippen molar-refractivity contribution >= 4 is 54.4 Å². The number of carbonyl (C=O) groups excluding carboxylic acids is 1. The molecule has 7 heteroatoms. The van der Waals surface area contributed by atoms with E-state index in [1.807, 2.05) is 36.4 Å². The molecule has 0 spiro atoms. The third-order valence-corrected chi connectivity index (χ3v) is 7.11. The average Bonchev–Trinajstić information content (AvgIpc) is 3.40. The van der Waals surface area contributed by atoms with Gasteiger partial charge in [-0.1, -0.05) is 41.7 Å². The number of carbonyl (C=O) groups is 1. The number of aromatic nitrogens is 1. The van der Waals surface area contributed by atoms with Gasteiger partial charge in [-0.15, -0.1) is 0 Å². The van der Waals surface area contributed by atoms with Crippen LogP contribution in [0.15, 0.2) is 53.5 Å². The minimum Gasteiger partial charge on any atom is -0.361 e. The first-order chi connectivity index (χ1) is 13.8. The molecule has 0 amide bonds. The second kappa shape index (κ2) is 7.56. The maximum atomic E-state index is 12.2. The zero-order chi connectivity index (χ0) is 18.9. The normalized spacial score (nSPS) is 20.3. The van der Waals surface area contributed by atoms with E-state index in [9.17, 15) is 4.79 Å². The van der Waals surface area contributed by atoms with Crippen molar-refractivity contribution < 1.29 is 4.79 Å². The number of hydrogen-bond donors (Lipinski definition) is 1. The fourth-order valence-electron chi connectivity index (χ4n) is 3.73. The van der Waals surface area contributed by atoms with E-state index in [2.05, 4.69) is 27.3 Å². The van der Waals surface area contributed by atoms with Gasteiger partial charge < -0.3 is 10.2 Å². The van der Waals surface area contributed by atoms with Crippen molar-refractivity contribution in [3.8, 4) is 0 Å². The van der Waals surface area contributed by atoms with Gasteiger partial charge in [0.15, 0.2) is 10.3 Å². The lowest BCUT2D eigenvalue weighted by molar-refractivity contribution is -0.113. The third kappa shape index (κ3) is 3.40. The maximum Gasteiger partial charge on any atom is 0.219 e. The van der Waals surface area contributed by atoms with Crippen LogP contribution in [0.25, 0.3) is 10.2 Å². The molecule has 1 N–H and O–H groups in total. The van der Waals surface area contributed by atoms with E-state index < -0.39 is 0 Å². The first-order valence-electron chi connectivity index (χ1n) is 9.52. The number of anilines is 1. The molecular weight excluding hydrogens is 388 g/mol. The summed E-state index contributed by atoms with van der Waals surface area (Å²) >= 11 is 2.97. The predicted octanol–water partition coefficient (Wildman–Crippen LogP) is 4.68. The summed E-state index contributed by atoms with van der Waals surface area (Å²) in [5, 5.41) is 5.48. The Morgan fingerprint density at radius 2 is 2.04 bits per heavy atom. The number of nitrogens with one attached hydrogen (secondary N) is 1. The van der Waals surface area contributed by atoms with E-state index in [0.717, 1.165) is 53.9 Å². The molecule has 2 aliphatic heterocycles. The Morgan fingerprint density at radius 3 is 2.96 bits per heavy atom. The molecule has 2 fully saturated rings. The molecule has 5 nitrogen and oxygen atoms in total. The summed E-state index contributed by atoms with van der Waals surface area (Å²) in [6.07, 6.45) is 2.88. The van der Waals surface area contributed by atoms with E-state index in [0.29, 0.717) is 0 Å². The number of nitrogens with zero attached hydrogens (tertiary/aromatic N) is 3. The standard InChI is InChI=1S/C21H20N4OS2/c26-19-17-9-5-13-25(17)21(28-19)24-15-7-2-1-6-14(15)11-12-22-20-23-16-8-3-4-10-18(16)27-20/h1-4,6-8,10,17H,5,9,11-13H2,(H,22,23)/t17-/m0/s1. The van der Waals surface area contributed by atoms with Crippen LogP contribution in [0.4, 0.5) is 10.8 Å². The van der Waals surface area contributed by atoms with Crippen LogP contribution in [0, 0.1) is 0 Å². The second-order valence-corrected chi connectivity index (χ2v) is 8.96. The van der Waals surface area contributed by atoms with Crippen LogP contribution in [0.2, 0.25) is 0 Å². The van der Waals surface area contributed by atoms with Crippen LogP contribution in [0.1, 0.15) is 18.4 Å². The molecule has 0 bridgehead atoms. The number of para-hydroxylation sites is 2. The number of thioether (sulfide) groups is 1. The van der Waals surface area contributed by atoms with Crippen molar-refractivity contribution in [3.05, 3.63) is 54.1 Å². The summed E-state index contributed by atoms with van der Waals surface area (Å²) < 4.78 is 1.19. The van der Waals surface area contributed by atoms with Crippen LogP contribution in [0.5, 0.6) is 0 Å². The molecule has 3 heterocycles. The minimum atomic E-state index is 0.0385. The fraction of sp³-hybridized carbons (Fsp3) is 0.286. The predicted molar refractivity (Wildman–Crippen MR) is 118 cm³/mol. The Morgan fingerprint density at radius 1 is 1.18 bits per heavy atom. The van der Waals surface area contributed by atoms with E-state index in [-0.39, 0.29) is 11.2 Å². The summed E-state index contributed by atoms with van der Waals surface area (Å²) in [4.78, 5) is 23.8. The van der Waals surface area contributed by atoms with Gasteiger partial charge in [-0.2, -0.15) is 0 Å². The van der Waals surface area contributed by atoms with E-state index >= 15 is 0 Å². The lowest BCUT2D eigenvalue weighted by atomic mass is 10.1. The van der Waals surface area contributed by atoms with Crippen LogP contribution in [-0.2, 0) is 11.2 Å². The van der Waals surface area contributed by atoms with Crippen LogP contribution in [-0.4, -0.2) is 39.3 Å². The van der Waals surface area contributed by atoms with Crippen LogP contribution < -0.4 is 5.32 Å². The molecule has 0 saturated carbocycles. The Bertz CT molecular complexity index is 1030. The molecule has 0 unspecified atom stereocenters. The van der Waals surface area contributed by atoms with Crippen molar-refractivity contribution in [2.24, 2.45) is 4.99 Å². The lowest BCUT2D eigenvalue weighted by Crippen LogP contribution is -2.29. The highest BCUT2D eigenvalue weighted by molar-refractivity contribution is 8.26. The monoisotopic (exact) mass is 408 g/mol. The molecule has 2 aliphatic rings. The molecule has 28 heavy (non-hydrogen) atoms. The number of fused-ring (bicyclic) bond motifs is 2. The molecule has 1 aromatic heterocycles. The van der Waals surface area contributed by atoms with E-state index in [1.54, 1.807) is 11.3 Å². The van der Waals surface area contributed by atoms with Crippen molar-refractivity contribution in [2.45, 2.75) is 25.3 Å². The summed E-state index contributed by atoms with van der Waals surface area (Å²) in [5.74, 6) is 0. The van der Waals surface area contributed by atoms with Gasteiger partial charge >= 0.3 is 0 Å². The quantitative estimate of drug-likeness (QED) is 0.664. The largest absolute Gasteiger partial charge is 0.361 e. The third-order valence-electron chi connectivity index (χ3n) is 5.13. The molecule has 0 radical (unpaired) electrons. The molecule has 2 saturated heterocycles. The number of thiazole rings is 1. The zero-order valence-electron chi connectivity index (χ0n) is 15.3. The molecule has 3 aromatic rings. The molecular formula is C21H20N4OS2. The number of benzene rings is 2. The molecule has 2 aromatic carbocycles. The van der Waals surface area contributed by atoms with Gasteiger partial charge in [0.2, 0.25) is 5.12 Å². The molecule has 142 valence electrons. The van der Waals surface area contributed by atoms with E-state index in [1.165, 1.54) is 22.0 Å². The van der Waals surface area contributed by atoms with Crippen LogP contribution in [0.3, 0.4) is 0 Å². The lowest BCUT2D eigenvalue weighted by Gasteiger charge is -2.15. The zero-order valence-corrected chi connectivity index (χ0v) is 16.9. The van der Waals surface area contributed by atoms with Gasteiger partial charge in [0, 0.05) is 13.1 Å². The highest BCUT2D eigenvalue weighted by Gasteiger charge is 2.41. The Labute approximate surface area is 171 Å². The first kappa shape index (κ1) is 17.7. The highest BCUT2D eigenvalue weighted by atomic mass is 32.2. The summed E-state index contributed by atoms with van der Waals surface area (Å²) in [6.45, 7) is 1.73. The smallest absolute Gasteiger partial charge is 0.219 e. The number of aliphatic imine (C=N–C) groups is 1. The topological polar surface area (TPSA) is 57.6 Å². The summed E-state index contributed by atoms with van der Waals surface area (Å²) in [7, 11) is 0. The Balaban J connectivity index is 1.30. The molecule has 0 aliphatic carbocycles. The fourth-order valence-corrected chi connectivity index (χ4v) is 5.66. The van der Waals surface area contributed by atoms with Crippen molar-refractivity contribution in [2.75, 3.05) is 18.4 Å². The first-order valence-corrected chi connectivity index (χ1v) is 11.2. The van der Waals surface area contributed by atoms with Crippen molar-refractivity contribution in [1.82, 2.24) is 9.88 Å². The van der Waals surface area contributed by atoms with E-state index in [4.69, 9.17) is 4.99 Å². The van der Waals surface area contributed by atoms with Gasteiger partial charge in [0.05, 0.1) is 15.9 Å². The highest BCUT2D eigenvalue weighted by Crippen LogP contribution is 2.35. The maximum absolute atomic E-state index is 12.2. The van der Waals surface area contributed by atoms with Crippen molar-refractivity contribution in [3.63, 3.8) is 0 Å². The van der Waals surface area contributed by atoms with Gasteiger partial charge in [-0.05, 0) is 54.8 Å². The van der Waals surface area contributed by atoms with Gasteiger partial charge in [-0.25, -0.2) is 9.98 Å². The van der Waals surface area contributed by atoms with Gasteiger partial charge in [-0.3, -0.25) is 4.79 Å². The molecule has 5 rings (SSSR count). The van der Waals surface area contributed by atoms with Gasteiger partial charge in [0.25, 0.3) is 0 Å². The number of rotatable bonds is 5. The SMILES string of the molecule is O=C1SC(=Nc2ccccc2CCNc2nc3ccccc3s2)N2CCC[C@@H]12. The van der Waals surface area contributed by atoms with Crippen molar-refractivity contribution in [1.29, 1.82) is 0 Å². The Kier molecular flexibility index (Phi) is 4.78. The summed E-state index contributed by atoms with van der Waals surface area (Å²) in [5.41, 5.74) is 3.17. The van der Waals surface area contributed by atoms with Crippen LogP contribution >= 0.6 is 23.1 Å². The molecule has 1 atom stereocenters. The number of amidine groups is 1. The Hall–Kier alpha value is -2.38.